The number of rotatable bonds is 5. The number of carbonyl (C=O) groups is 1. The predicted molar refractivity (Wildman–Crippen MR) is 63.8 cm³/mol. The van der Waals surface area contributed by atoms with Crippen LogP contribution in [-0.2, 0) is 14.2 Å². The third-order valence-corrected chi connectivity index (χ3v) is 2.77. The molecule has 1 saturated heterocycles. The van der Waals surface area contributed by atoms with Crippen LogP contribution in [0, 0.1) is 0 Å². The first kappa shape index (κ1) is 14.3. The van der Waals surface area contributed by atoms with Gasteiger partial charge in [-0.05, 0) is 27.2 Å². The predicted octanol–water partition coefficient (Wildman–Crippen LogP) is 2.01. The highest BCUT2D eigenvalue weighted by Crippen LogP contribution is 2.21. The Morgan fingerprint density at radius 3 is 2.47 bits per heavy atom. The maximum absolute atomic E-state index is 11.7. The third-order valence-electron chi connectivity index (χ3n) is 2.77. The highest BCUT2D eigenvalue weighted by Gasteiger charge is 2.33. The molecular weight excluding hydrogens is 222 g/mol. The van der Waals surface area contributed by atoms with E-state index < -0.39 is 0 Å². The monoisotopic (exact) mass is 245 g/mol. The molecule has 100 valence electrons. The van der Waals surface area contributed by atoms with Gasteiger partial charge in [-0.3, -0.25) is 4.90 Å². The Labute approximate surface area is 103 Å². The van der Waals surface area contributed by atoms with Crippen LogP contribution in [0.25, 0.3) is 0 Å². The largest absolute Gasteiger partial charge is 0.450 e. The zero-order valence-corrected chi connectivity index (χ0v) is 11.0. The molecule has 0 aromatic rings. The maximum Gasteiger partial charge on any atom is 0.411 e. The van der Waals surface area contributed by atoms with Crippen molar-refractivity contribution in [3.63, 3.8) is 0 Å². The number of likely N-dealkylation sites (tertiary alicyclic amines) is 1. The van der Waals surface area contributed by atoms with Gasteiger partial charge >= 0.3 is 6.09 Å². The highest BCUT2D eigenvalue weighted by molar-refractivity contribution is 5.67. The lowest BCUT2D eigenvalue weighted by Crippen LogP contribution is -2.49. The van der Waals surface area contributed by atoms with Gasteiger partial charge in [0.25, 0.3) is 0 Å². The Balaban J connectivity index is 2.55. The van der Waals surface area contributed by atoms with Crippen molar-refractivity contribution in [2.45, 2.75) is 45.9 Å². The molecule has 0 N–H and O–H groups in total. The van der Waals surface area contributed by atoms with Crippen LogP contribution < -0.4 is 0 Å². The average Bonchev–Trinajstić information content (AvgIpc) is 2.30. The molecule has 0 aliphatic carbocycles. The van der Waals surface area contributed by atoms with Crippen molar-refractivity contribution in [2.24, 2.45) is 0 Å². The summed E-state index contributed by atoms with van der Waals surface area (Å²) in [5.41, 5.74) is 0. The normalized spacial score (nSPS) is 24.8. The van der Waals surface area contributed by atoms with Gasteiger partial charge in [0.05, 0.1) is 12.7 Å². The van der Waals surface area contributed by atoms with Crippen LogP contribution in [0.3, 0.4) is 0 Å². The van der Waals surface area contributed by atoms with Gasteiger partial charge < -0.3 is 14.2 Å². The van der Waals surface area contributed by atoms with Gasteiger partial charge in [0.2, 0.25) is 0 Å². The molecular formula is C12H23NO4. The fourth-order valence-corrected chi connectivity index (χ4v) is 2.05. The van der Waals surface area contributed by atoms with E-state index in [1.54, 1.807) is 11.8 Å². The fourth-order valence-electron chi connectivity index (χ4n) is 2.05. The minimum atomic E-state index is -0.291. The zero-order chi connectivity index (χ0) is 12.7. The summed E-state index contributed by atoms with van der Waals surface area (Å²) in [6.07, 6.45) is 1.24. The fraction of sp³-hybridized carbons (Fsp3) is 0.917. The molecule has 0 saturated carbocycles. The second kappa shape index (κ2) is 7.50. The summed E-state index contributed by atoms with van der Waals surface area (Å²) in [6.45, 7) is 8.02. The van der Waals surface area contributed by atoms with Crippen molar-refractivity contribution in [1.29, 1.82) is 0 Å². The van der Waals surface area contributed by atoms with Crippen LogP contribution in [-0.4, -0.2) is 49.7 Å². The number of amides is 1. The summed E-state index contributed by atoms with van der Waals surface area (Å²) >= 11 is 0. The van der Waals surface area contributed by atoms with Crippen molar-refractivity contribution in [3.8, 4) is 0 Å². The minimum Gasteiger partial charge on any atom is -0.450 e. The molecule has 5 nitrogen and oxygen atoms in total. The third kappa shape index (κ3) is 4.16. The van der Waals surface area contributed by atoms with E-state index in [9.17, 15) is 4.79 Å². The Bertz CT molecular complexity index is 235. The molecule has 17 heavy (non-hydrogen) atoms. The first-order valence-corrected chi connectivity index (χ1v) is 6.39. The summed E-state index contributed by atoms with van der Waals surface area (Å²) in [4.78, 5) is 13.4. The van der Waals surface area contributed by atoms with Gasteiger partial charge in [0, 0.05) is 26.2 Å². The second-order valence-electron chi connectivity index (χ2n) is 3.90. The van der Waals surface area contributed by atoms with Crippen LogP contribution in [0.2, 0.25) is 0 Å². The summed E-state index contributed by atoms with van der Waals surface area (Å²) in [5, 5.41) is 0. The molecule has 1 fully saturated rings. The quantitative estimate of drug-likeness (QED) is 0.743. The lowest BCUT2D eigenvalue weighted by molar-refractivity contribution is -0.108. The molecule has 1 heterocycles. The molecule has 0 aromatic carbocycles. The number of ether oxygens (including phenoxy) is 3. The smallest absolute Gasteiger partial charge is 0.411 e. The number of piperidine rings is 1. The number of hydrogen-bond donors (Lipinski definition) is 0. The lowest BCUT2D eigenvalue weighted by atomic mass is 10.1. The van der Waals surface area contributed by atoms with Crippen molar-refractivity contribution in [1.82, 2.24) is 4.90 Å². The molecule has 1 amide bonds. The van der Waals surface area contributed by atoms with Crippen molar-refractivity contribution < 1.29 is 19.0 Å². The summed E-state index contributed by atoms with van der Waals surface area (Å²) in [7, 11) is 0. The standard InChI is InChI=1S/C12H23NO4/c1-4-15-10-7-8-13(12(14)17-6-3)11(9-10)16-5-2/h10-11H,4-9H2,1-3H3. The molecule has 1 aliphatic heterocycles. The van der Waals surface area contributed by atoms with Gasteiger partial charge in [-0.25, -0.2) is 4.79 Å². The number of nitrogens with zero attached hydrogens (tertiary/aromatic N) is 1. The molecule has 0 aromatic heterocycles. The maximum atomic E-state index is 11.7. The minimum absolute atomic E-state index is 0.183. The molecule has 1 rings (SSSR count). The number of carbonyl (C=O) groups excluding carboxylic acids is 1. The summed E-state index contributed by atoms with van der Waals surface area (Å²) in [6, 6.07) is 0. The van der Waals surface area contributed by atoms with E-state index in [0.29, 0.717) is 26.4 Å². The highest BCUT2D eigenvalue weighted by atomic mass is 16.6. The second-order valence-corrected chi connectivity index (χ2v) is 3.90. The van der Waals surface area contributed by atoms with Crippen LogP contribution in [0.4, 0.5) is 4.79 Å². The van der Waals surface area contributed by atoms with E-state index in [0.717, 1.165) is 12.8 Å². The van der Waals surface area contributed by atoms with Crippen LogP contribution in [0.1, 0.15) is 33.6 Å². The Morgan fingerprint density at radius 1 is 1.18 bits per heavy atom. The zero-order valence-electron chi connectivity index (χ0n) is 11.0. The van der Waals surface area contributed by atoms with E-state index in [-0.39, 0.29) is 18.4 Å². The van der Waals surface area contributed by atoms with E-state index in [1.807, 2.05) is 13.8 Å². The average molecular weight is 245 g/mol. The first-order chi connectivity index (χ1) is 8.22. The van der Waals surface area contributed by atoms with Gasteiger partial charge in [0.15, 0.2) is 0 Å². The van der Waals surface area contributed by atoms with Gasteiger partial charge in [0.1, 0.15) is 6.23 Å². The van der Waals surface area contributed by atoms with Gasteiger partial charge in [-0.1, -0.05) is 0 Å². The molecule has 2 atom stereocenters. The molecule has 2 unspecified atom stereocenters. The molecule has 0 radical (unpaired) electrons. The Hall–Kier alpha value is -0.810. The van der Waals surface area contributed by atoms with E-state index in [2.05, 4.69) is 0 Å². The first-order valence-electron chi connectivity index (χ1n) is 6.39. The van der Waals surface area contributed by atoms with Gasteiger partial charge in [-0.15, -0.1) is 0 Å². The van der Waals surface area contributed by atoms with Crippen molar-refractivity contribution in [2.75, 3.05) is 26.4 Å². The van der Waals surface area contributed by atoms with Crippen LogP contribution >= 0.6 is 0 Å². The Morgan fingerprint density at radius 2 is 1.88 bits per heavy atom. The van der Waals surface area contributed by atoms with E-state index in [4.69, 9.17) is 14.2 Å². The SMILES string of the molecule is CCOC(=O)N1CCC(OCC)CC1OCC. The summed E-state index contributed by atoms with van der Waals surface area (Å²) in [5.74, 6) is 0. The van der Waals surface area contributed by atoms with E-state index in [1.165, 1.54) is 0 Å². The van der Waals surface area contributed by atoms with Crippen LogP contribution in [0.15, 0.2) is 0 Å². The topological polar surface area (TPSA) is 48.0 Å². The molecule has 0 bridgehead atoms. The lowest BCUT2D eigenvalue weighted by Gasteiger charge is -2.37. The molecule has 5 heteroatoms. The van der Waals surface area contributed by atoms with Crippen molar-refractivity contribution >= 4 is 6.09 Å². The Kier molecular flexibility index (Phi) is 6.29. The number of hydrogen-bond acceptors (Lipinski definition) is 4. The summed E-state index contributed by atoms with van der Waals surface area (Å²) < 4.78 is 16.2. The molecule has 0 spiro atoms. The van der Waals surface area contributed by atoms with Gasteiger partial charge in [-0.2, -0.15) is 0 Å². The molecule has 1 aliphatic rings. The van der Waals surface area contributed by atoms with Crippen LogP contribution in [0.5, 0.6) is 0 Å². The van der Waals surface area contributed by atoms with E-state index >= 15 is 0 Å². The van der Waals surface area contributed by atoms with Crippen molar-refractivity contribution in [3.05, 3.63) is 0 Å².